The number of rotatable bonds is 2. The first-order valence-electron chi connectivity index (χ1n) is 4.77. The quantitative estimate of drug-likeness (QED) is 0.728. The molecule has 3 heterocycles. The number of thiazole rings is 1. The Labute approximate surface area is 99.8 Å². The molecule has 0 radical (unpaired) electrons. The summed E-state index contributed by atoms with van der Waals surface area (Å²) in [5.74, 6) is -0.531. The molecule has 2 N–H and O–H groups in total. The second-order valence-electron chi connectivity index (χ2n) is 3.39. The van der Waals surface area contributed by atoms with Gasteiger partial charge in [0.25, 0.3) is 5.91 Å². The molecule has 0 spiro atoms. The van der Waals surface area contributed by atoms with Gasteiger partial charge in [0.1, 0.15) is 12.0 Å². The molecule has 0 aliphatic heterocycles. The Kier molecular flexibility index (Phi) is 2.12. The van der Waals surface area contributed by atoms with Crippen molar-refractivity contribution in [1.82, 2.24) is 19.4 Å². The molecule has 0 atom stereocenters. The fourth-order valence-corrected chi connectivity index (χ4v) is 2.42. The van der Waals surface area contributed by atoms with E-state index in [0.717, 1.165) is 16.2 Å². The minimum absolute atomic E-state index is 0.259. The highest BCUT2D eigenvalue weighted by Gasteiger charge is 2.12. The lowest BCUT2D eigenvalue weighted by Gasteiger charge is -1.96. The molecule has 0 aliphatic rings. The normalized spacial score (nSPS) is 10.8. The molecule has 7 heteroatoms. The second kappa shape index (κ2) is 3.63. The third-order valence-electron chi connectivity index (χ3n) is 2.32. The monoisotopic (exact) mass is 245 g/mol. The smallest absolute Gasteiger partial charge is 0.268 e. The van der Waals surface area contributed by atoms with E-state index < -0.39 is 5.91 Å². The molecular weight excluding hydrogens is 238 g/mol. The molecule has 0 unspecified atom stereocenters. The molecule has 1 amide bonds. The van der Waals surface area contributed by atoms with Gasteiger partial charge in [0.15, 0.2) is 4.96 Å². The van der Waals surface area contributed by atoms with E-state index >= 15 is 0 Å². The number of nitrogens with zero attached hydrogens (tertiary/aromatic N) is 4. The van der Waals surface area contributed by atoms with E-state index in [9.17, 15) is 4.79 Å². The summed E-state index contributed by atoms with van der Waals surface area (Å²) in [6, 6.07) is 0. The summed E-state index contributed by atoms with van der Waals surface area (Å²) in [5, 5.41) is 1.94. The highest BCUT2D eigenvalue weighted by Crippen LogP contribution is 2.24. The van der Waals surface area contributed by atoms with Crippen molar-refractivity contribution in [2.75, 3.05) is 0 Å². The topological polar surface area (TPSA) is 86.2 Å². The zero-order valence-corrected chi connectivity index (χ0v) is 9.39. The minimum atomic E-state index is -0.531. The van der Waals surface area contributed by atoms with Crippen LogP contribution in [0.4, 0.5) is 0 Å². The highest BCUT2D eigenvalue weighted by atomic mass is 32.1. The predicted octanol–water partition coefficient (Wildman–Crippen LogP) is 0.952. The van der Waals surface area contributed by atoms with Crippen molar-refractivity contribution in [3.8, 4) is 11.3 Å². The van der Waals surface area contributed by atoms with Gasteiger partial charge in [-0.1, -0.05) is 0 Å². The fourth-order valence-electron chi connectivity index (χ4n) is 1.54. The van der Waals surface area contributed by atoms with Crippen molar-refractivity contribution >= 4 is 22.2 Å². The van der Waals surface area contributed by atoms with Gasteiger partial charge >= 0.3 is 0 Å². The van der Waals surface area contributed by atoms with Crippen LogP contribution in [0.5, 0.6) is 0 Å². The third kappa shape index (κ3) is 1.56. The largest absolute Gasteiger partial charge is 0.364 e. The number of carbonyl (C=O) groups excluding carboxylic acids is 1. The van der Waals surface area contributed by atoms with Crippen LogP contribution in [0.25, 0.3) is 16.2 Å². The fraction of sp³-hybridized carbons (Fsp3) is 0. The Morgan fingerprint density at radius 2 is 2.12 bits per heavy atom. The van der Waals surface area contributed by atoms with Gasteiger partial charge in [-0.15, -0.1) is 11.3 Å². The first-order chi connectivity index (χ1) is 8.25. The van der Waals surface area contributed by atoms with E-state index in [2.05, 4.69) is 15.0 Å². The minimum Gasteiger partial charge on any atom is -0.364 e. The maximum Gasteiger partial charge on any atom is 0.268 e. The molecule has 84 valence electrons. The van der Waals surface area contributed by atoms with E-state index in [4.69, 9.17) is 5.73 Å². The van der Waals surface area contributed by atoms with Gasteiger partial charge in [-0.2, -0.15) is 0 Å². The maximum absolute atomic E-state index is 11.0. The Morgan fingerprint density at radius 3 is 2.82 bits per heavy atom. The summed E-state index contributed by atoms with van der Waals surface area (Å²) < 4.78 is 1.81. The lowest BCUT2D eigenvalue weighted by atomic mass is 10.3. The van der Waals surface area contributed by atoms with Gasteiger partial charge in [-0.05, 0) is 0 Å². The Hall–Kier alpha value is -2.28. The van der Waals surface area contributed by atoms with E-state index in [1.807, 2.05) is 9.78 Å². The van der Waals surface area contributed by atoms with Gasteiger partial charge in [-0.25, -0.2) is 15.0 Å². The van der Waals surface area contributed by atoms with Gasteiger partial charge in [0.2, 0.25) is 0 Å². The van der Waals surface area contributed by atoms with Crippen molar-refractivity contribution in [2.45, 2.75) is 0 Å². The van der Waals surface area contributed by atoms with Crippen LogP contribution >= 0.6 is 11.3 Å². The molecule has 6 nitrogen and oxygen atoms in total. The molecule has 0 aliphatic carbocycles. The number of aromatic nitrogens is 4. The molecular formula is C10H7N5OS. The van der Waals surface area contributed by atoms with Gasteiger partial charge in [-0.3, -0.25) is 9.20 Å². The second-order valence-corrected chi connectivity index (χ2v) is 4.23. The molecule has 3 rings (SSSR count). The van der Waals surface area contributed by atoms with E-state index in [1.165, 1.54) is 17.7 Å². The van der Waals surface area contributed by atoms with Gasteiger partial charge in [0, 0.05) is 29.5 Å². The number of imidazole rings is 1. The lowest BCUT2D eigenvalue weighted by molar-refractivity contribution is 0.0996. The number of hydrogen-bond acceptors (Lipinski definition) is 5. The molecule has 0 saturated carbocycles. The Bertz CT molecular complexity index is 687. The number of nitrogens with two attached hydrogens (primary N) is 1. The number of hydrogen-bond donors (Lipinski definition) is 1. The molecule has 3 aromatic rings. The Morgan fingerprint density at radius 1 is 1.35 bits per heavy atom. The summed E-state index contributed by atoms with van der Waals surface area (Å²) in [5.41, 5.74) is 7.21. The van der Waals surface area contributed by atoms with Crippen LogP contribution in [0.15, 0.2) is 30.3 Å². The number of primary amides is 1. The lowest BCUT2D eigenvalue weighted by Crippen LogP contribution is -2.10. The zero-order valence-electron chi connectivity index (χ0n) is 8.57. The van der Waals surface area contributed by atoms with Crippen LogP contribution < -0.4 is 5.73 Å². The Balaban J connectivity index is 2.21. The maximum atomic E-state index is 11.0. The molecule has 0 saturated heterocycles. The summed E-state index contributed by atoms with van der Waals surface area (Å²) in [4.78, 5) is 23.8. The van der Waals surface area contributed by atoms with Crippen molar-refractivity contribution in [3.63, 3.8) is 0 Å². The number of amides is 1. The van der Waals surface area contributed by atoms with Crippen molar-refractivity contribution in [2.24, 2.45) is 5.73 Å². The average Bonchev–Trinajstić information content (AvgIpc) is 2.89. The number of carbonyl (C=O) groups is 1. The molecule has 0 bridgehead atoms. The van der Waals surface area contributed by atoms with Crippen molar-refractivity contribution in [3.05, 3.63) is 36.0 Å². The van der Waals surface area contributed by atoms with Crippen LogP contribution in [0.2, 0.25) is 0 Å². The zero-order chi connectivity index (χ0) is 11.8. The third-order valence-corrected chi connectivity index (χ3v) is 3.16. The highest BCUT2D eigenvalue weighted by molar-refractivity contribution is 7.15. The van der Waals surface area contributed by atoms with Crippen molar-refractivity contribution < 1.29 is 4.79 Å². The van der Waals surface area contributed by atoms with Gasteiger partial charge in [0.05, 0.1) is 5.69 Å². The van der Waals surface area contributed by atoms with Crippen molar-refractivity contribution in [1.29, 1.82) is 0 Å². The first-order valence-corrected chi connectivity index (χ1v) is 5.65. The van der Waals surface area contributed by atoms with E-state index in [-0.39, 0.29) is 5.69 Å². The summed E-state index contributed by atoms with van der Waals surface area (Å²) in [7, 11) is 0. The summed E-state index contributed by atoms with van der Waals surface area (Å²) in [6.07, 6.45) is 6.50. The predicted molar refractivity (Wildman–Crippen MR) is 62.6 cm³/mol. The first kappa shape index (κ1) is 9.91. The SMILES string of the molecule is NC(=O)c1cn2c(-c3cncnc3)csc2n1. The van der Waals surface area contributed by atoms with Gasteiger partial charge < -0.3 is 5.73 Å². The summed E-state index contributed by atoms with van der Waals surface area (Å²) >= 11 is 1.44. The summed E-state index contributed by atoms with van der Waals surface area (Å²) in [6.45, 7) is 0. The van der Waals surface area contributed by atoms with Crippen LogP contribution in [-0.4, -0.2) is 25.3 Å². The molecule has 17 heavy (non-hydrogen) atoms. The van der Waals surface area contributed by atoms with Crippen LogP contribution in [0.1, 0.15) is 10.5 Å². The van der Waals surface area contributed by atoms with E-state index in [0.29, 0.717) is 0 Å². The molecule has 3 aromatic heterocycles. The molecule has 0 fully saturated rings. The average molecular weight is 245 g/mol. The van der Waals surface area contributed by atoms with Crippen LogP contribution in [0.3, 0.4) is 0 Å². The van der Waals surface area contributed by atoms with Crippen LogP contribution in [0, 0.1) is 0 Å². The van der Waals surface area contributed by atoms with Crippen LogP contribution in [-0.2, 0) is 0 Å². The van der Waals surface area contributed by atoms with E-state index in [1.54, 1.807) is 18.6 Å². The molecule has 0 aromatic carbocycles. The number of fused-ring (bicyclic) bond motifs is 1. The standard InChI is InChI=1S/C10H7N5OS/c11-9(16)7-3-15-8(4-17-10(15)14-7)6-1-12-5-13-2-6/h1-5H,(H2,11,16).